The van der Waals surface area contributed by atoms with Crippen molar-refractivity contribution in [2.75, 3.05) is 25.0 Å². The molecule has 0 aliphatic carbocycles. The summed E-state index contributed by atoms with van der Waals surface area (Å²) in [4.78, 5) is 21.3. The Kier molecular flexibility index (Phi) is 3.45. The first kappa shape index (κ1) is 12.8. The van der Waals surface area contributed by atoms with Gasteiger partial charge < -0.3 is 19.9 Å². The Bertz CT molecular complexity index is 569. The number of rotatable bonds is 2. The Morgan fingerprint density at radius 3 is 2.85 bits per heavy atom. The molecule has 0 atom stereocenters. The number of aromatic nitrogens is 2. The monoisotopic (exact) mass is 274 g/mol. The van der Waals surface area contributed by atoms with Crippen LogP contribution < -0.4 is 10.2 Å². The third-order valence-electron chi connectivity index (χ3n) is 3.60. The van der Waals surface area contributed by atoms with Gasteiger partial charge in [-0.2, -0.15) is 0 Å². The number of carbonyl (C=O) groups excluding carboxylic acids is 1. The number of amides is 1. The van der Waals surface area contributed by atoms with Crippen LogP contribution in [0.15, 0.2) is 24.3 Å². The molecule has 0 saturated carbocycles. The number of aromatic amines is 1. The topological polar surface area (TPSA) is 70.2 Å². The number of anilines is 1. The number of fused-ring (bicyclic) bond motifs is 1. The molecule has 6 nitrogen and oxygen atoms in total. The van der Waals surface area contributed by atoms with Crippen LogP contribution in [0.4, 0.5) is 10.7 Å². The van der Waals surface area contributed by atoms with Crippen molar-refractivity contribution in [1.82, 2.24) is 15.3 Å². The van der Waals surface area contributed by atoms with Gasteiger partial charge in [-0.25, -0.2) is 9.78 Å². The zero-order chi connectivity index (χ0) is 13.9. The van der Waals surface area contributed by atoms with E-state index in [0.29, 0.717) is 0 Å². The van der Waals surface area contributed by atoms with Crippen LogP contribution in [0.1, 0.15) is 12.8 Å². The van der Waals surface area contributed by atoms with Gasteiger partial charge in [-0.05, 0) is 12.1 Å². The van der Waals surface area contributed by atoms with Crippen LogP contribution in [0.5, 0.6) is 0 Å². The van der Waals surface area contributed by atoms with Gasteiger partial charge in [-0.3, -0.25) is 0 Å². The standard InChI is InChI=1S/C14H18N4O2/c1-15-14(19)20-10-6-8-18(9-7-10)13-16-11-4-2-3-5-12(11)17-13/h2-5,10H,6-9H2,1H3,(H,15,19)(H,16,17). The first-order valence-electron chi connectivity index (χ1n) is 6.84. The fourth-order valence-electron chi connectivity index (χ4n) is 2.48. The number of hydrogen-bond donors (Lipinski definition) is 2. The largest absolute Gasteiger partial charge is 0.446 e. The minimum Gasteiger partial charge on any atom is -0.446 e. The lowest BCUT2D eigenvalue weighted by molar-refractivity contribution is 0.0847. The SMILES string of the molecule is CNC(=O)OC1CCN(c2nc3ccccc3[nH]2)CC1. The van der Waals surface area contributed by atoms with Crippen LogP contribution in [0.3, 0.4) is 0 Å². The molecule has 1 fully saturated rings. The van der Waals surface area contributed by atoms with Gasteiger partial charge in [0.1, 0.15) is 6.10 Å². The molecular formula is C14H18N4O2. The van der Waals surface area contributed by atoms with E-state index < -0.39 is 0 Å². The zero-order valence-corrected chi connectivity index (χ0v) is 11.4. The van der Waals surface area contributed by atoms with E-state index >= 15 is 0 Å². The molecule has 20 heavy (non-hydrogen) atoms. The Labute approximate surface area is 117 Å². The predicted octanol–water partition coefficient (Wildman–Crippen LogP) is 1.89. The molecule has 2 N–H and O–H groups in total. The quantitative estimate of drug-likeness (QED) is 0.877. The highest BCUT2D eigenvalue weighted by Crippen LogP contribution is 2.21. The normalized spacial score (nSPS) is 16.4. The first-order chi connectivity index (χ1) is 9.76. The molecule has 6 heteroatoms. The van der Waals surface area contributed by atoms with Gasteiger partial charge in [0.05, 0.1) is 11.0 Å². The molecule has 0 bridgehead atoms. The summed E-state index contributed by atoms with van der Waals surface area (Å²) < 4.78 is 5.28. The van der Waals surface area contributed by atoms with Crippen LogP contribution in [0.25, 0.3) is 11.0 Å². The van der Waals surface area contributed by atoms with Crippen LogP contribution >= 0.6 is 0 Å². The number of carbonyl (C=O) groups is 1. The van der Waals surface area contributed by atoms with Crippen molar-refractivity contribution in [3.05, 3.63) is 24.3 Å². The van der Waals surface area contributed by atoms with E-state index in [0.717, 1.165) is 42.9 Å². The van der Waals surface area contributed by atoms with Crippen molar-refractivity contribution in [2.45, 2.75) is 18.9 Å². The van der Waals surface area contributed by atoms with E-state index in [1.165, 1.54) is 0 Å². The molecule has 1 amide bonds. The van der Waals surface area contributed by atoms with Crippen LogP contribution in [0.2, 0.25) is 0 Å². The van der Waals surface area contributed by atoms with Gasteiger partial charge in [0, 0.05) is 33.0 Å². The minimum absolute atomic E-state index is 0.00409. The molecule has 0 radical (unpaired) electrons. The number of hydrogen-bond acceptors (Lipinski definition) is 4. The lowest BCUT2D eigenvalue weighted by atomic mass is 10.1. The van der Waals surface area contributed by atoms with Gasteiger partial charge in [0.15, 0.2) is 0 Å². The van der Waals surface area contributed by atoms with Crippen molar-refractivity contribution in [3.8, 4) is 0 Å². The fraction of sp³-hybridized carbons (Fsp3) is 0.429. The first-order valence-corrected chi connectivity index (χ1v) is 6.84. The summed E-state index contributed by atoms with van der Waals surface area (Å²) in [6.45, 7) is 1.67. The van der Waals surface area contributed by atoms with Crippen molar-refractivity contribution >= 4 is 23.1 Å². The predicted molar refractivity (Wildman–Crippen MR) is 76.9 cm³/mol. The highest BCUT2D eigenvalue weighted by molar-refractivity contribution is 5.77. The maximum Gasteiger partial charge on any atom is 0.407 e. The molecule has 0 spiro atoms. The lowest BCUT2D eigenvalue weighted by Gasteiger charge is -2.31. The highest BCUT2D eigenvalue weighted by Gasteiger charge is 2.23. The highest BCUT2D eigenvalue weighted by atomic mass is 16.6. The fourth-order valence-corrected chi connectivity index (χ4v) is 2.48. The Morgan fingerprint density at radius 2 is 2.15 bits per heavy atom. The molecular weight excluding hydrogens is 256 g/mol. The summed E-state index contributed by atoms with van der Waals surface area (Å²) in [5.41, 5.74) is 2.03. The van der Waals surface area contributed by atoms with Crippen molar-refractivity contribution < 1.29 is 9.53 Å². The van der Waals surface area contributed by atoms with E-state index in [1.807, 2.05) is 24.3 Å². The van der Waals surface area contributed by atoms with Gasteiger partial charge in [0.25, 0.3) is 0 Å². The number of para-hydroxylation sites is 2. The summed E-state index contributed by atoms with van der Waals surface area (Å²) in [5, 5.41) is 2.48. The number of piperidine rings is 1. The van der Waals surface area contributed by atoms with Crippen LogP contribution in [-0.2, 0) is 4.74 Å². The number of alkyl carbamates (subject to hydrolysis) is 1. The van der Waals surface area contributed by atoms with Gasteiger partial charge in [0.2, 0.25) is 5.95 Å². The molecule has 1 aliphatic heterocycles. The summed E-state index contributed by atoms with van der Waals surface area (Å²) in [5.74, 6) is 0.893. The minimum atomic E-state index is -0.354. The molecule has 1 saturated heterocycles. The average molecular weight is 274 g/mol. The molecule has 1 aromatic heterocycles. The molecule has 2 aromatic rings. The Morgan fingerprint density at radius 1 is 1.40 bits per heavy atom. The van der Waals surface area contributed by atoms with Gasteiger partial charge in [-0.1, -0.05) is 12.1 Å². The molecule has 1 aliphatic rings. The molecule has 1 aromatic carbocycles. The lowest BCUT2D eigenvalue weighted by Crippen LogP contribution is -2.39. The molecule has 106 valence electrons. The maximum atomic E-state index is 11.2. The summed E-state index contributed by atoms with van der Waals surface area (Å²) >= 11 is 0. The molecule has 3 rings (SSSR count). The van der Waals surface area contributed by atoms with E-state index in [9.17, 15) is 4.79 Å². The number of benzene rings is 1. The molecule has 0 unspecified atom stereocenters. The van der Waals surface area contributed by atoms with Gasteiger partial charge in [-0.15, -0.1) is 0 Å². The summed E-state index contributed by atoms with van der Waals surface area (Å²) in [6, 6.07) is 7.99. The number of nitrogens with zero attached hydrogens (tertiary/aromatic N) is 2. The van der Waals surface area contributed by atoms with E-state index in [1.54, 1.807) is 7.05 Å². The zero-order valence-electron chi connectivity index (χ0n) is 11.4. The summed E-state index contributed by atoms with van der Waals surface area (Å²) in [6.07, 6.45) is 1.29. The maximum absolute atomic E-state index is 11.2. The molecule has 2 heterocycles. The Hall–Kier alpha value is -2.24. The second kappa shape index (κ2) is 5.40. The number of H-pyrrole nitrogens is 1. The smallest absolute Gasteiger partial charge is 0.407 e. The van der Waals surface area contributed by atoms with Crippen molar-refractivity contribution in [2.24, 2.45) is 0 Å². The number of imidazole rings is 1. The van der Waals surface area contributed by atoms with Gasteiger partial charge >= 0.3 is 6.09 Å². The van der Waals surface area contributed by atoms with Crippen molar-refractivity contribution in [1.29, 1.82) is 0 Å². The number of nitrogens with one attached hydrogen (secondary N) is 2. The van der Waals surface area contributed by atoms with Crippen LogP contribution in [0, 0.1) is 0 Å². The third-order valence-corrected chi connectivity index (χ3v) is 3.60. The average Bonchev–Trinajstić information content (AvgIpc) is 2.91. The van der Waals surface area contributed by atoms with Crippen molar-refractivity contribution in [3.63, 3.8) is 0 Å². The Balaban J connectivity index is 1.64. The van der Waals surface area contributed by atoms with E-state index in [2.05, 4.69) is 20.2 Å². The van der Waals surface area contributed by atoms with Crippen LogP contribution in [-0.4, -0.2) is 42.3 Å². The number of ether oxygens (including phenoxy) is 1. The second-order valence-electron chi connectivity index (χ2n) is 4.92. The van der Waals surface area contributed by atoms with E-state index in [-0.39, 0.29) is 12.2 Å². The van der Waals surface area contributed by atoms with E-state index in [4.69, 9.17) is 4.74 Å². The third kappa shape index (κ3) is 2.54. The summed E-state index contributed by atoms with van der Waals surface area (Å²) in [7, 11) is 1.58. The second-order valence-corrected chi connectivity index (χ2v) is 4.92.